The number of nitrogens with zero attached hydrogens (tertiary/aromatic N) is 2. The van der Waals surface area contributed by atoms with Crippen LogP contribution in [-0.2, 0) is 0 Å². The van der Waals surface area contributed by atoms with Crippen LogP contribution in [0.2, 0.25) is 0 Å². The summed E-state index contributed by atoms with van der Waals surface area (Å²) in [6.45, 7) is 14.4. The summed E-state index contributed by atoms with van der Waals surface area (Å²) in [6, 6.07) is 1.44. The van der Waals surface area contributed by atoms with Gasteiger partial charge in [0.2, 0.25) is 0 Å². The molecule has 0 aromatic heterocycles. The Morgan fingerprint density at radius 2 is 0.933 bits per heavy atom. The molecule has 0 atom stereocenters. The van der Waals surface area contributed by atoms with Gasteiger partial charge in [-0.15, -0.1) is 0 Å². The Labute approximate surface area is 95.6 Å². The highest BCUT2D eigenvalue weighted by molar-refractivity contribution is 4.70. The smallest absolute Gasteiger partial charge is 0.00385 e. The Hall–Kier alpha value is -0.0800. The molecule has 2 heteroatoms. The zero-order valence-electron chi connectivity index (χ0n) is 11.0. The molecule has 0 bridgehead atoms. The molecule has 15 heavy (non-hydrogen) atoms. The molecule has 2 nitrogen and oxygen atoms in total. The lowest BCUT2D eigenvalue weighted by atomic mass is 10.2. The molecular weight excluding hydrogens is 184 g/mol. The molecule has 0 N–H and O–H groups in total. The van der Waals surface area contributed by atoms with E-state index in [1.807, 2.05) is 0 Å². The minimum atomic E-state index is 0.718. The summed E-state index contributed by atoms with van der Waals surface area (Å²) in [6.07, 6.45) is 4.05. The van der Waals surface area contributed by atoms with E-state index in [0.717, 1.165) is 12.1 Å². The van der Waals surface area contributed by atoms with Gasteiger partial charge in [0.05, 0.1) is 0 Å². The lowest BCUT2D eigenvalue weighted by Crippen LogP contribution is -2.35. The van der Waals surface area contributed by atoms with Crippen LogP contribution in [-0.4, -0.2) is 48.1 Å². The fourth-order valence-electron chi connectivity index (χ4n) is 2.36. The van der Waals surface area contributed by atoms with Crippen LogP contribution < -0.4 is 0 Å². The standard InChI is InChI=1S/C13H28N2/c1-12(2)14-8-5-6-9-15(13(3)4)11-7-10-14/h12-13H,5-11H2,1-4H3. The highest BCUT2D eigenvalue weighted by atomic mass is 15.2. The van der Waals surface area contributed by atoms with E-state index in [-0.39, 0.29) is 0 Å². The van der Waals surface area contributed by atoms with E-state index in [1.54, 1.807) is 0 Å². The molecule has 90 valence electrons. The second-order valence-electron chi connectivity index (χ2n) is 5.32. The number of rotatable bonds is 2. The summed E-state index contributed by atoms with van der Waals surface area (Å²) in [5, 5.41) is 0. The van der Waals surface area contributed by atoms with Crippen molar-refractivity contribution in [3.8, 4) is 0 Å². The lowest BCUT2D eigenvalue weighted by molar-refractivity contribution is 0.201. The topological polar surface area (TPSA) is 6.48 Å². The molecular formula is C13H28N2. The average Bonchev–Trinajstić information content (AvgIpc) is 2.27. The molecule has 1 heterocycles. The van der Waals surface area contributed by atoms with Crippen molar-refractivity contribution in [2.24, 2.45) is 0 Å². The van der Waals surface area contributed by atoms with Gasteiger partial charge in [-0.05, 0) is 73.1 Å². The maximum absolute atomic E-state index is 2.63. The first-order valence-corrected chi connectivity index (χ1v) is 6.59. The van der Waals surface area contributed by atoms with Crippen LogP contribution in [0.1, 0.15) is 47.0 Å². The van der Waals surface area contributed by atoms with E-state index in [1.165, 1.54) is 45.4 Å². The normalized spacial score (nSPS) is 22.8. The summed E-state index contributed by atoms with van der Waals surface area (Å²) in [7, 11) is 0. The van der Waals surface area contributed by atoms with Gasteiger partial charge in [-0.1, -0.05) is 0 Å². The summed E-state index contributed by atoms with van der Waals surface area (Å²) >= 11 is 0. The van der Waals surface area contributed by atoms with E-state index in [9.17, 15) is 0 Å². The first kappa shape index (κ1) is 13.0. The minimum absolute atomic E-state index is 0.718. The van der Waals surface area contributed by atoms with Crippen molar-refractivity contribution in [2.45, 2.75) is 59.0 Å². The van der Waals surface area contributed by atoms with E-state index in [2.05, 4.69) is 37.5 Å². The molecule has 1 fully saturated rings. The maximum atomic E-state index is 2.63. The number of hydrogen-bond donors (Lipinski definition) is 0. The van der Waals surface area contributed by atoms with Crippen LogP contribution in [0.3, 0.4) is 0 Å². The molecule has 1 rings (SSSR count). The van der Waals surface area contributed by atoms with Crippen LogP contribution in [0.5, 0.6) is 0 Å². The van der Waals surface area contributed by atoms with Gasteiger partial charge < -0.3 is 9.80 Å². The van der Waals surface area contributed by atoms with E-state index in [4.69, 9.17) is 0 Å². The maximum Gasteiger partial charge on any atom is 0.00385 e. The van der Waals surface area contributed by atoms with Crippen molar-refractivity contribution in [2.75, 3.05) is 26.2 Å². The number of hydrogen-bond acceptors (Lipinski definition) is 2. The highest BCUT2D eigenvalue weighted by Gasteiger charge is 2.14. The fourth-order valence-corrected chi connectivity index (χ4v) is 2.36. The van der Waals surface area contributed by atoms with Crippen LogP contribution in [0.15, 0.2) is 0 Å². The van der Waals surface area contributed by atoms with Gasteiger partial charge in [0.25, 0.3) is 0 Å². The molecule has 0 aromatic carbocycles. The Balaban J connectivity index is 2.41. The molecule has 0 aromatic rings. The van der Waals surface area contributed by atoms with Crippen LogP contribution in [0.4, 0.5) is 0 Å². The van der Waals surface area contributed by atoms with Crippen molar-refractivity contribution in [3.63, 3.8) is 0 Å². The average molecular weight is 212 g/mol. The van der Waals surface area contributed by atoms with Crippen molar-refractivity contribution < 1.29 is 0 Å². The van der Waals surface area contributed by atoms with Crippen LogP contribution in [0.25, 0.3) is 0 Å². The predicted octanol–water partition coefficient (Wildman–Crippen LogP) is 2.59. The van der Waals surface area contributed by atoms with Gasteiger partial charge in [-0.25, -0.2) is 0 Å². The van der Waals surface area contributed by atoms with Crippen LogP contribution in [0, 0.1) is 0 Å². The Morgan fingerprint density at radius 1 is 0.600 bits per heavy atom. The zero-order valence-corrected chi connectivity index (χ0v) is 11.0. The third-order valence-corrected chi connectivity index (χ3v) is 3.49. The molecule has 0 aliphatic carbocycles. The van der Waals surface area contributed by atoms with Crippen molar-refractivity contribution >= 4 is 0 Å². The first-order valence-electron chi connectivity index (χ1n) is 6.59. The van der Waals surface area contributed by atoms with Gasteiger partial charge >= 0.3 is 0 Å². The van der Waals surface area contributed by atoms with Crippen molar-refractivity contribution in [1.29, 1.82) is 0 Å². The lowest BCUT2D eigenvalue weighted by Gasteiger charge is -2.27. The molecule has 1 aliphatic rings. The van der Waals surface area contributed by atoms with Gasteiger partial charge in [0, 0.05) is 12.1 Å². The second kappa shape index (κ2) is 6.49. The van der Waals surface area contributed by atoms with Gasteiger partial charge in [0.1, 0.15) is 0 Å². The predicted molar refractivity (Wildman–Crippen MR) is 67.3 cm³/mol. The van der Waals surface area contributed by atoms with E-state index in [0.29, 0.717) is 0 Å². The fraction of sp³-hybridized carbons (Fsp3) is 1.00. The minimum Gasteiger partial charge on any atom is -0.301 e. The summed E-state index contributed by atoms with van der Waals surface area (Å²) in [5.41, 5.74) is 0. The highest BCUT2D eigenvalue weighted by Crippen LogP contribution is 2.10. The Morgan fingerprint density at radius 3 is 1.27 bits per heavy atom. The van der Waals surface area contributed by atoms with Crippen molar-refractivity contribution in [3.05, 3.63) is 0 Å². The van der Waals surface area contributed by atoms with Gasteiger partial charge in [0.15, 0.2) is 0 Å². The van der Waals surface area contributed by atoms with Gasteiger partial charge in [-0.3, -0.25) is 0 Å². The van der Waals surface area contributed by atoms with Gasteiger partial charge in [-0.2, -0.15) is 0 Å². The van der Waals surface area contributed by atoms with E-state index < -0.39 is 0 Å². The Kier molecular flexibility index (Phi) is 5.62. The monoisotopic (exact) mass is 212 g/mol. The second-order valence-corrected chi connectivity index (χ2v) is 5.32. The largest absolute Gasteiger partial charge is 0.301 e. The molecule has 1 aliphatic heterocycles. The molecule has 0 saturated carbocycles. The summed E-state index contributed by atoms with van der Waals surface area (Å²) < 4.78 is 0. The third-order valence-electron chi connectivity index (χ3n) is 3.49. The molecule has 0 spiro atoms. The molecule has 0 radical (unpaired) electrons. The zero-order chi connectivity index (χ0) is 11.3. The third kappa shape index (κ3) is 4.52. The molecule has 1 saturated heterocycles. The van der Waals surface area contributed by atoms with Crippen LogP contribution >= 0.6 is 0 Å². The first-order chi connectivity index (χ1) is 7.11. The Bertz CT molecular complexity index is 148. The summed E-state index contributed by atoms with van der Waals surface area (Å²) in [5.74, 6) is 0. The van der Waals surface area contributed by atoms with Crippen molar-refractivity contribution in [1.82, 2.24) is 9.80 Å². The SMILES string of the molecule is CC(C)N1CCCCN(C(C)C)CCC1. The summed E-state index contributed by atoms with van der Waals surface area (Å²) in [4.78, 5) is 5.26. The van der Waals surface area contributed by atoms with E-state index >= 15 is 0 Å². The quantitative estimate of drug-likeness (QED) is 0.694. The molecule has 0 amide bonds. The molecule has 0 unspecified atom stereocenters.